The maximum atomic E-state index is 11.7. The van der Waals surface area contributed by atoms with Gasteiger partial charge in [0, 0.05) is 23.7 Å². The number of furan rings is 1. The summed E-state index contributed by atoms with van der Waals surface area (Å²) in [7, 11) is 0. The van der Waals surface area contributed by atoms with E-state index < -0.39 is 0 Å². The molecule has 0 saturated heterocycles. The second-order valence-corrected chi connectivity index (χ2v) is 5.36. The average molecular weight is 307 g/mol. The third kappa shape index (κ3) is 4.83. The summed E-state index contributed by atoms with van der Waals surface area (Å²) in [6.07, 6.45) is 0.748. The highest BCUT2D eigenvalue weighted by Crippen LogP contribution is 2.13. The van der Waals surface area contributed by atoms with Gasteiger partial charge in [0.15, 0.2) is 0 Å². The van der Waals surface area contributed by atoms with Gasteiger partial charge >= 0.3 is 6.03 Å². The predicted molar refractivity (Wildman–Crippen MR) is 83.6 cm³/mol. The van der Waals surface area contributed by atoms with E-state index in [9.17, 15) is 4.79 Å². The second kappa shape index (κ2) is 7.18. The first-order chi connectivity index (χ1) is 10.0. The molecule has 0 saturated carbocycles. The van der Waals surface area contributed by atoms with Crippen LogP contribution in [0.3, 0.4) is 0 Å². The zero-order valence-electron chi connectivity index (χ0n) is 12.2. The Hall–Kier alpha value is -1.94. The highest BCUT2D eigenvalue weighted by atomic mass is 35.5. The van der Waals surface area contributed by atoms with Gasteiger partial charge in [0.1, 0.15) is 11.5 Å². The van der Waals surface area contributed by atoms with Crippen LogP contribution in [-0.4, -0.2) is 12.6 Å². The topological polar surface area (TPSA) is 54.3 Å². The van der Waals surface area contributed by atoms with Crippen molar-refractivity contribution in [2.45, 2.75) is 26.8 Å². The molecule has 2 amide bonds. The van der Waals surface area contributed by atoms with E-state index in [-0.39, 0.29) is 6.03 Å². The molecule has 2 aromatic rings. The molecule has 0 aliphatic heterocycles. The van der Waals surface area contributed by atoms with Gasteiger partial charge < -0.3 is 15.1 Å². The molecule has 2 N–H and O–H groups in total. The third-order valence-electron chi connectivity index (χ3n) is 3.17. The number of urea groups is 1. The van der Waals surface area contributed by atoms with Crippen LogP contribution in [0.4, 0.5) is 4.79 Å². The maximum Gasteiger partial charge on any atom is 0.315 e. The van der Waals surface area contributed by atoms with E-state index in [2.05, 4.69) is 10.6 Å². The number of rotatable bonds is 5. The first-order valence-corrected chi connectivity index (χ1v) is 7.24. The average Bonchev–Trinajstić information content (AvgIpc) is 2.75. The van der Waals surface area contributed by atoms with Crippen molar-refractivity contribution in [2.75, 3.05) is 6.54 Å². The first kappa shape index (κ1) is 15.4. The van der Waals surface area contributed by atoms with Crippen molar-refractivity contribution in [1.29, 1.82) is 0 Å². The van der Waals surface area contributed by atoms with Gasteiger partial charge in [0.25, 0.3) is 0 Å². The number of hydrogen-bond acceptors (Lipinski definition) is 2. The molecule has 0 atom stereocenters. The molecule has 1 heterocycles. The number of carbonyl (C=O) groups is 1. The molecule has 0 aliphatic carbocycles. The fourth-order valence-corrected chi connectivity index (χ4v) is 2.32. The van der Waals surface area contributed by atoms with Crippen LogP contribution in [0.1, 0.15) is 22.6 Å². The zero-order valence-corrected chi connectivity index (χ0v) is 13.0. The summed E-state index contributed by atoms with van der Waals surface area (Å²) in [6, 6.07) is 9.38. The van der Waals surface area contributed by atoms with Crippen LogP contribution >= 0.6 is 11.6 Å². The van der Waals surface area contributed by atoms with Crippen molar-refractivity contribution >= 4 is 17.6 Å². The number of amides is 2. The minimum atomic E-state index is -0.185. The molecule has 112 valence electrons. The van der Waals surface area contributed by atoms with E-state index in [1.807, 2.05) is 44.2 Å². The first-order valence-electron chi connectivity index (χ1n) is 6.86. The summed E-state index contributed by atoms with van der Waals surface area (Å²) in [5, 5.41) is 6.35. The van der Waals surface area contributed by atoms with Gasteiger partial charge in [-0.2, -0.15) is 0 Å². The summed E-state index contributed by atoms with van der Waals surface area (Å²) in [6.45, 7) is 4.81. The van der Waals surface area contributed by atoms with Crippen LogP contribution in [-0.2, 0) is 13.0 Å². The number of hydrogen-bond donors (Lipinski definition) is 2. The van der Waals surface area contributed by atoms with Gasteiger partial charge in [0.05, 0.1) is 0 Å². The molecule has 0 radical (unpaired) electrons. The quantitative estimate of drug-likeness (QED) is 0.887. The summed E-state index contributed by atoms with van der Waals surface area (Å²) in [4.78, 5) is 11.7. The number of carbonyl (C=O) groups excluding carboxylic acids is 1. The Balaban J connectivity index is 1.71. The van der Waals surface area contributed by atoms with Crippen LogP contribution in [0.25, 0.3) is 0 Å². The number of halogens is 1. The summed E-state index contributed by atoms with van der Waals surface area (Å²) in [5.74, 6) is 1.69. The molecule has 21 heavy (non-hydrogen) atoms. The number of nitrogens with one attached hydrogen (secondary N) is 2. The Kier molecular flexibility index (Phi) is 5.28. The summed E-state index contributed by atoms with van der Waals surface area (Å²) < 4.78 is 5.41. The molecule has 0 aliphatic rings. The van der Waals surface area contributed by atoms with E-state index >= 15 is 0 Å². The standard InChI is InChI=1S/C16H19ClN2O2/c1-11-8-14(12(2)21-11)10-19-16(20)18-7-6-13-4-3-5-15(17)9-13/h3-5,8-9H,6-7,10H2,1-2H3,(H2,18,19,20). The monoisotopic (exact) mass is 306 g/mol. The fraction of sp³-hybridized carbons (Fsp3) is 0.312. The van der Waals surface area contributed by atoms with Gasteiger partial charge in [-0.1, -0.05) is 23.7 Å². The van der Waals surface area contributed by atoms with E-state index in [1.54, 1.807) is 0 Å². The van der Waals surface area contributed by atoms with Crippen molar-refractivity contribution in [2.24, 2.45) is 0 Å². The van der Waals surface area contributed by atoms with Crippen LogP contribution in [0.5, 0.6) is 0 Å². The molecule has 2 rings (SSSR count). The van der Waals surface area contributed by atoms with E-state index in [0.29, 0.717) is 18.1 Å². The minimum absolute atomic E-state index is 0.185. The molecule has 0 fully saturated rings. The molecule has 1 aromatic heterocycles. The smallest absolute Gasteiger partial charge is 0.315 e. The largest absolute Gasteiger partial charge is 0.466 e. The third-order valence-corrected chi connectivity index (χ3v) is 3.41. The maximum absolute atomic E-state index is 11.7. The summed E-state index contributed by atoms with van der Waals surface area (Å²) in [5.41, 5.74) is 2.10. The summed E-state index contributed by atoms with van der Waals surface area (Å²) >= 11 is 5.91. The molecular weight excluding hydrogens is 288 g/mol. The van der Waals surface area contributed by atoms with Crippen molar-refractivity contribution < 1.29 is 9.21 Å². The van der Waals surface area contributed by atoms with E-state index in [0.717, 1.165) is 29.1 Å². The molecule has 5 heteroatoms. The predicted octanol–water partition coefficient (Wildman–Crippen LogP) is 3.59. The Labute approximate surface area is 129 Å². The molecule has 0 bridgehead atoms. The lowest BCUT2D eigenvalue weighted by atomic mass is 10.1. The van der Waals surface area contributed by atoms with Gasteiger partial charge in [0.2, 0.25) is 0 Å². The Morgan fingerprint density at radius 1 is 1.24 bits per heavy atom. The van der Waals surface area contributed by atoms with Gasteiger partial charge in [-0.05, 0) is 44.0 Å². The molecule has 0 spiro atoms. The minimum Gasteiger partial charge on any atom is -0.466 e. The number of aryl methyl sites for hydroxylation is 2. The normalized spacial score (nSPS) is 10.4. The lowest BCUT2D eigenvalue weighted by molar-refractivity contribution is 0.240. The van der Waals surface area contributed by atoms with Crippen molar-refractivity contribution in [3.63, 3.8) is 0 Å². The van der Waals surface area contributed by atoms with Crippen molar-refractivity contribution in [3.05, 3.63) is 58.0 Å². The molecule has 4 nitrogen and oxygen atoms in total. The van der Waals surface area contributed by atoms with Crippen LogP contribution in [0.15, 0.2) is 34.7 Å². The number of benzene rings is 1. The molecular formula is C16H19ClN2O2. The van der Waals surface area contributed by atoms with Gasteiger partial charge in [-0.15, -0.1) is 0 Å². The lowest BCUT2D eigenvalue weighted by Gasteiger charge is -2.07. The highest BCUT2D eigenvalue weighted by Gasteiger charge is 2.06. The highest BCUT2D eigenvalue weighted by molar-refractivity contribution is 6.30. The Bertz CT molecular complexity index is 622. The van der Waals surface area contributed by atoms with Crippen molar-refractivity contribution in [3.8, 4) is 0 Å². The molecule has 0 unspecified atom stereocenters. The Morgan fingerprint density at radius 2 is 2.05 bits per heavy atom. The van der Waals surface area contributed by atoms with Gasteiger partial charge in [-0.25, -0.2) is 4.79 Å². The van der Waals surface area contributed by atoms with E-state index in [4.69, 9.17) is 16.0 Å². The second-order valence-electron chi connectivity index (χ2n) is 4.93. The van der Waals surface area contributed by atoms with E-state index in [1.165, 1.54) is 0 Å². The Morgan fingerprint density at radius 3 is 2.71 bits per heavy atom. The van der Waals surface area contributed by atoms with Crippen LogP contribution < -0.4 is 10.6 Å². The zero-order chi connectivity index (χ0) is 15.2. The van der Waals surface area contributed by atoms with Crippen molar-refractivity contribution in [1.82, 2.24) is 10.6 Å². The SMILES string of the molecule is Cc1cc(CNC(=O)NCCc2cccc(Cl)c2)c(C)o1. The van der Waals surface area contributed by atoms with Crippen LogP contribution in [0.2, 0.25) is 5.02 Å². The van der Waals surface area contributed by atoms with Crippen LogP contribution in [0, 0.1) is 13.8 Å². The lowest BCUT2D eigenvalue weighted by Crippen LogP contribution is -2.36. The van der Waals surface area contributed by atoms with Gasteiger partial charge in [-0.3, -0.25) is 0 Å². The molecule has 1 aromatic carbocycles. The fourth-order valence-electron chi connectivity index (χ4n) is 2.11.